The standard InChI is InChI=1S/C15H15N3S/c16-11-15(12-4-2-1-3-5-12)8-13(9-15)18-10-14-17-6-7-19-14/h1-7,13,18H,8-10H2. The highest BCUT2D eigenvalue weighted by molar-refractivity contribution is 7.09. The molecule has 0 unspecified atom stereocenters. The number of aromatic nitrogens is 1. The Morgan fingerprint density at radius 2 is 2.16 bits per heavy atom. The second-order valence-electron chi connectivity index (χ2n) is 4.97. The van der Waals surface area contributed by atoms with Crippen LogP contribution < -0.4 is 5.32 Å². The van der Waals surface area contributed by atoms with E-state index in [1.54, 1.807) is 11.3 Å². The van der Waals surface area contributed by atoms with Crippen LogP contribution in [-0.2, 0) is 12.0 Å². The third-order valence-electron chi connectivity index (χ3n) is 3.76. The predicted octanol–water partition coefficient (Wildman–Crippen LogP) is 2.86. The van der Waals surface area contributed by atoms with E-state index in [1.165, 1.54) is 0 Å². The van der Waals surface area contributed by atoms with Gasteiger partial charge in [-0.25, -0.2) is 4.98 Å². The van der Waals surface area contributed by atoms with Crippen molar-refractivity contribution in [2.75, 3.05) is 0 Å². The van der Waals surface area contributed by atoms with Crippen molar-refractivity contribution < 1.29 is 0 Å². The Balaban J connectivity index is 1.60. The maximum absolute atomic E-state index is 9.47. The van der Waals surface area contributed by atoms with Crippen molar-refractivity contribution in [3.05, 3.63) is 52.5 Å². The smallest absolute Gasteiger partial charge is 0.106 e. The van der Waals surface area contributed by atoms with Crippen LogP contribution in [0, 0.1) is 11.3 Å². The molecule has 0 radical (unpaired) electrons. The van der Waals surface area contributed by atoms with Gasteiger partial charge in [0.1, 0.15) is 5.01 Å². The van der Waals surface area contributed by atoms with Gasteiger partial charge in [0.25, 0.3) is 0 Å². The number of nitriles is 1. The molecule has 19 heavy (non-hydrogen) atoms. The molecule has 0 atom stereocenters. The van der Waals surface area contributed by atoms with Gasteiger partial charge in [-0.3, -0.25) is 0 Å². The molecule has 0 saturated heterocycles. The Labute approximate surface area is 116 Å². The number of nitrogens with zero attached hydrogens (tertiary/aromatic N) is 2. The normalized spacial score (nSPS) is 25.5. The SMILES string of the molecule is N#CC1(c2ccccc2)CC(NCc2nccs2)C1. The van der Waals surface area contributed by atoms with Gasteiger partial charge in [0.05, 0.1) is 11.5 Å². The number of rotatable bonds is 4. The molecule has 4 heteroatoms. The van der Waals surface area contributed by atoms with Gasteiger partial charge in [-0.15, -0.1) is 11.3 Å². The van der Waals surface area contributed by atoms with E-state index >= 15 is 0 Å². The maximum Gasteiger partial charge on any atom is 0.106 e. The number of benzene rings is 1. The van der Waals surface area contributed by atoms with Gasteiger partial charge in [0, 0.05) is 24.2 Å². The molecule has 1 saturated carbocycles. The Morgan fingerprint density at radius 1 is 1.37 bits per heavy atom. The number of hydrogen-bond acceptors (Lipinski definition) is 4. The highest BCUT2D eigenvalue weighted by atomic mass is 32.1. The third-order valence-corrected chi connectivity index (χ3v) is 4.54. The van der Waals surface area contributed by atoms with Crippen LogP contribution in [0.2, 0.25) is 0 Å². The van der Waals surface area contributed by atoms with E-state index in [-0.39, 0.29) is 5.41 Å². The minimum atomic E-state index is -0.290. The van der Waals surface area contributed by atoms with Gasteiger partial charge >= 0.3 is 0 Å². The van der Waals surface area contributed by atoms with Crippen LogP contribution in [-0.4, -0.2) is 11.0 Å². The van der Waals surface area contributed by atoms with Crippen molar-refractivity contribution in [2.45, 2.75) is 30.8 Å². The first-order valence-corrected chi connectivity index (χ1v) is 7.29. The zero-order chi connectivity index (χ0) is 13.1. The van der Waals surface area contributed by atoms with E-state index < -0.39 is 0 Å². The molecule has 1 fully saturated rings. The van der Waals surface area contributed by atoms with E-state index in [2.05, 4.69) is 28.5 Å². The fourth-order valence-electron chi connectivity index (χ4n) is 2.65. The zero-order valence-corrected chi connectivity index (χ0v) is 11.4. The molecule has 3 rings (SSSR count). The molecule has 1 heterocycles. The van der Waals surface area contributed by atoms with Crippen molar-refractivity contribution in [1.82, 2.24) is 10.3 Å². The second kappa shape index (κ2) is 5.12. The Bertz CT molecular complexity index is 565. The first-order chi connectivity index (χ1) is 9.32. The lowest BCUT2D eigenvalue weighted by Crippen LogP contribution is -2.50. The van der Waals surface area contributed by atoms with E-state index in [0.29, 0.717) is 6.04 Å². The van der Waals surface area contributed by atoms with Gasteiger partial charge in [-0.2, -0.15) is 5.26 Å². The molecular formula is C15H15N3S. The summed E-state index contributed by atoms with van der Waals surface area (Å²) < 4.78 is 0. The van der Waals surface area contributed by atoms with Gasteiger partial charge in [0.15, 0.2) is 0 Å². The largest absolute Gasteiger partial charge is 0.308 e. The summed E-state index contributed by atoms with van der Waals surface area (Å²) in [5.74, 6) is 0. The second-order valence-corrected chi connectivity index (χ2v) is 5.95. The molecule has 3 nitrogen and oxygen atoms in total. The molecule has 0 amide bonds. The molecule has 96 valence electrons. The maximum atomic E-state index is 9.47. The molecule has 1 aliphatic carbocycles. The molecule has 1 aromatic carbocycles. The number of hydrogen-bond donors (Lipinski definition) is 1. The quantitative estimate of drug-likeness (QED) is 0.928. The Morgan fingerprint density at radius 3 is 2.79 bits per heavy atom. The van der Waals surface area contributed by atoms with Crippen LogP contribution in [0.5, 0.6) is 0 Å². The summed E-state index contributed by atoms with van der Waals surface area (Å²) in [7, 11) is 0. The first-order valence-electron chi connectivity index (χ1n) is 6.41. The van der Waals surface area contributed by atoms with Crippen LogP contribution in [0.4, 0.5) is 0 Å². The van der Waals surface area contributed by atoms with Gasteiger partial charge < -0.3 is 5.32 Å². The van der Waals surface area contributed by atoms with E-state index in [9.17, 15) is 5.26 Å². The molecule has 1 aliphatic rings. The molecule has 0 bridgehead atoms. The predicted molar refractivity (Wildman–Crippen MR) is 75.7 cm³/mol. The highest BCUT2D eigenvalue weighted by Crippen LogP contribution is 2.43. The Hall–Kier alpha value is -1.70. The average Bonchev–Trinajstić information content (AvgIpc) is 2.92. The molecule has 2 aromatic rings. The van der Waals surface area contributed by atoms with Gasteiger partial charge in [-0.1, -0.05) is 30.3 Å². The van der Waals surface area contributed by atoms with Gasteiger partial charge in [-0.05, 0) is 18.4 Å². The molecule has 0 aliphatic heterocycles. The lowest BCUT2D eigenvalue weighted by molar-refractivity contribution is 0.225. The summed E-state index contributed by atoms with van der Waals surface area (Å²) >= 11 is 1.66. The van der Waals surface area contributed by atoms with Crippen LogP contribution in [0.1, 0.15) is 23.4 Å². The summed E-state index contributed by atoms with van der Waals surface area (Å²) in [4.78, 5) is 4.25. The summed E-state index contributed by atoms with van der Waals surface area (Å²) in [6.45, 7) is 0.804. The van der Waals surface area contributed by atoms with Gasteiger partial charge in [0.2, 0.25) is 0 Å². The lowest BCUT2D eigenvalue weighted by atomic mass is 9.62. The zero-order valence-electron chi connectivity index (χ0n) is 10.5. The summed E-state index contributed by atoms with van der Waals surface area (Å²) in [5.41, 5.74) is 0.853. The fourth-order valence-corrected chi connectivity index (χ4v) is 3.21. The van der Waals surface area contributed by atoms with Crippen LogP contribution in [0.25, 0.3) is 0 Å². The minimum Gasteiger partial charge on any atom is -0.308 e. The monoisotopic (exact) mass is 269 g/mol. The summed E-state index contributed by atoms with van der Waals surface area (Å²) in [5, 5.41) is 16.0. The summed E-state index contributed by atoms with van der Waals surface area (Å²) in [6, 6.07) is 13.0. The minimum absolute atomic E-state index is 0.290. The number of thiazole rings is 1. The van der Waals surface area contributed by atoms with E-state index in [4.69, 9.17) is 0 Å². The van der Waals surface area contributed by atoms with Crippen molar-refractivity contribution in [2.24, 2.45) is 0 Å². The average molecular weight is 269 g/mol. The molecular weight excluding hydrogens is 254 g/mol. The van der Waals surface area contributed by atoms with Crippen molar-refractivity contribution in [1.29, 1.82) is 5.26 Å². The highest BCUT2D eigenvalue weighted by Gasteiger charge is 2.45. The van der Waals surface area contributed by atoms with E-state index in [0.717, 1.165) is 30.0 Å². The number of nitrogens with one attached hydrogen (secondary N) is 1. The van der Waals surface area contributed by atoms with Crippen molar-refractivity contribution in [3.8, 4) is 6.07 Å². The van der Waals surface area contributed by atoms with Crippen LogP contribution in [0.3, 0.4) is 0 Å². The molecule has 0 spiro atoms. The van der Waals surface area contributed by atoms with Crippen LogP contribution >= 0.6 is 11.3 Å². The van der Waals surface area contributed by atoms with Crippen LogP contribution in [0.15, 0.2) is 41.9 Å². The molecule has 1 aromatic heterocycles. The van der Waals surface area contributed by atoms with Crippen molar-refractivity contribution >= 4 is 11.3 Å². The molecule has 1 N–H and O–H groups in total. The lowest BCUT2D eigenvalue weighted by Gasteiger charge is -2.43. The Kier molecular flexibility index (Phi) is 3.33. The fraction of sp³-hybridized carbons (Fsp3) is 0.333. The topological polar surface area (TPSA) is 48.7 Å². The third kappa shape index (κ3) is 2.40. The van der Waals surface area contributed by atoms with E-state index in [1.807, 2.05) is 29.8 Å². The summed E-state index contributed by atoms with van der Waals surface area (Å²) in [6.07, 6.45) is 3.60. The first kappa shape index (κ1) is 12.3. The van der Waals surface area contributed by atoms with Crippen molar-refractivity contribution in [3.63, 3.8) is 0 Å².